The first-order valence-electron chi connectivity index (χ1n) is 4.71. The number of aliphatic hydroxyl groups is 2. The van der Waals surface area contributed by atoms with Crippen molar-refractivity contribution in [2.45, 2.75) is 30.7 Å². The van der Waals surface area contributed by atoms with Crippen LogP contribution in [0.5, 0.6) is 0 Å². The number of hydrogen-bond acceptors (Lipinski definition) is 6. The van der Waals surface area contributed by atoms with Crippen molar-refractivity contribution >= 4 is 0 Å². The zero-order chi connectivity index (χ0) is 11.4. The summed E-state index contributed by atoms with van der Waals surface area (Å²) in [6.45, 7) is 0.189. The monoisotopic (exact) mass is 222 g/mol. The van der Waals surface area contributed by atoms with Crippen molar-refractivity contribution in [3.8, 4) is 0 Å². The van der Waals surface area contributed by atoms with Crippen LogP contribution in [-0.4, -0.2) is 68.9 Å². The van der Waals surface area contributed by atoms with E-state index in [-0.39, 0.29) is 6.61 Å². The Morgan fingerprint density at radius 3 is 2.20 bits per heavy atom. The summed E-state index contributed by atoms with van der Waals surface area (Å²) in [5.41, 5.74) is 0. The second kappa shape index (κ2) is 5.74. The third-order valence-corrected chi connectivity index (χ3v) is 2.48. The molecule has 1 aliphatic heterocycles. The average Bonchev–Trinajstić information content (AvgIpc) is 2.24. The first-order chi connectivity index (χ1) is 7.15. The van der Waals surface area contributed by atoms with Gasteiger partial charge < -0.3 is 29.2 Å². The number of rotatable bonds is 4. The van der Waals surface area contributed by atoms with Gasteiger partial charge in [-0.25, -0.2) is 0 Å². The van der Waals surface area contributed by atoms with Crippen molar-refractivity contribution in [3.05, 3.63) is 0 Å². The Bertz CT molecular complexity index is 183. The number of methoxy groups -OCH3 is 3. The van der Waals surface area contributed by atoms with Crippen LogP contribution in [0.3, 0.4) is 0 Å². The lowest BCUT2D eigenvalue weighted by atomic mass is 9.99. The smallest absolute Gasteiger partial charge is 0.186 e. The van der Waals surface area contributed by atoms with E-state index in [0.717, 1.165) is 0 Å². The van der Waals surface area contributed by atoms with E-state index in [2.05, 4.69) is 0 Å². The van der Waals surface area contributed by atoms with Gasteiger partial charge in [0.15, 0.2) is 6.29 Å². The SMILES string of the molecule is COC[C@H]1O[C@H](OC)[C@@H](OC)[C@@H](O)[C@@H]1O. The van der Waals surface area contributed by atoms with Gasteiger partial charge in [-0.1, -0.05) is 0 Å². The Kier molecular flexibility index (Phi) is 4.91. The summed E-state index contributed by atoms with van der Waals surface area (Å²) < 4.78 is 20.3. The Labute approximate surface area is 88.7 Å². The molecular weight excluding hydrogens is 204 g/mol. The number of ether oxygens (including phenoxy) is 4. The second-order valence-electron chi connectivity index (χ2n) is 3.42. The van der Waals surface area contributed by atoms with Gasteiger partial charge in [-0.2, -0.15) is 0 Å². The predicted molar refractivity (Wildman–Crippen MR) is 50.4 cm³/mol. The molecule has 1 heterocycles. The van der Waals surface area contributed by atoms with Gasteiger partial charge in [0, 0.05) is 21.3 Å². The maximum atomic E-state index is 9.75. The molecule has 1 saturated heterocycles. The summed E-state index contributed by atoms with van der Waals surface area (Å²) in [7, 11) is 4.37. The molecule has 0 radical (unpaired) electrons. The standard InChI is InChI=1S/C9H18O6/c1-12-4-5-6(10)7(11)8(13-2)9(14-3)15-5/h5-11H,4H2,1-3H3/t5-,6-,7+,8+,9+/m1/s1. The molecule has 0 bridgehead atoms. The van der Waals surface area contributed by atoms with Crippen LogP contribution in [0.15, 0.2) is 0 Å². The van der Waals surface area contributed by atoms with Crippen molar-refractivity contribution in [1.29, 1.82) is 0 Å². The van der Waals surface area contributed by atoms with Crippen LogP contribution in [0.25, 0.3) is 0 Å². The highest BCUT2D eigenvalue weighted by Gasteiger charge is 2.44. The molecule has 0 aromatic rings. The van der Waals surface area contributed by atoms with Gasteiger partial charge in [0.1, 0.15) is 24.4 Å². The summed E-state index contributed by atoms with van der Waals surface area (Å²) in [6.07, 6.45) is -4.09. The molecule has 1 rings (SSSR count). The lowest BCUT2D eigenvalue weighted by molar-refractivity contribution is -0.300. The molecule has 2 N–H and O–H groups in total. The van der Waals surface area contributed by atoms with Crippen LogP contribution in [0.4, 0.5) is 0 Å². The van der Waals surface area contributed by atoms with Crippen molar-refractivity contribution in [2.24, 2.45) is 0 Å². The van der Waals surface area contributed by atoms with Crippen molar-refractivity contribution in [3.63, 3.8) is 0 Å². The molecule has 6 nitrogen and oxygen atoms in total. The highest BCUT2D eigenvalue weighted by atomic mass is 16.7. The Morgan fingerprint density at radius 2 is 1.73 bits per heavy atom. The molecule has 5 atom stereocenters. The lowest BCUT2D eigenvalue weighted by Gasteiger charge is -2.41. The van der Waals surface area contributed by atoms with E-state index in [4.69, 9.17) is 18.9 Å². The first kappa shape index (κ1) is 12.8. The predicted octanol–water partition coefficient (Wildman–Crippen LogP) is -1.26. The third kappa shape index (κ3) is 2.66. The van der Waals surface area contributed by atoms with E-state index in [1.807, 2.05) is 0 Å². The first-order valence-corrected chi connectivity index (χ1v) is 4.71. The Balaban J connectivity index is 2.68. The molecule has 15 heavy (non-hydrogen) atoms. The third-order valence-electron chi connectivity index (χ3n) is 2.48. The minimum Gasteiger partial charge on any atom is -0.387 e. The minimum atomic E-state index is -1.05. The molecule has 0 aliphatic carbocycles. The highest BCUT2D eigenvalue weighted by molar-refractivity contribution is 4.89. The van der Waals surface area contributed by atoms with Crippen LogP contribution in [0.2, 0.25) is 0 Å². The molecule has 1 fully saturated rings. The summed E-state index contributed by atoms with van der Waals surface area (Å²) in [4.78, 5) is 0. The molecule has 0 spiro atoms. The molecule has 6 heteroatoms. The minimum absolute atomic E-state index is 0.189. The van der Waals surface area contributed by atoms with Gasteiger partial charge >= 0.3 is 0 Å². The quantitative estimate of drug-likeness (QED) is 0.618. The van der Waals surface area contributed by atoms with Crippen molar-refractivity contribution < 1.29 is 29.2 Å². The largest absolute Gasteiger partial charge is 0.387 e. The van der Waals surface area contributed by atoms with Gasteiger partial charge in [-0.3, -0.25) is 0 Å². The van der Waals surface area contributed by atoms with E-state index >= 15 is 0 Å². The van der Waals surface area contributed by atoms with Gasteiger partial charge in [0.05, 0.1) is 6.61 Å². The summed E-state index contributed by atoms with van der Waals surface area (Å²) >= 11 is 0. The molecule has 1 aliphatic rings. The highest BCUT2D eigenvalue weighted by Crippen LogP contribution is 2.23. The fraction of sp³-hybridized carbons (Fsp3) is 1.00. The van der Waals surface area contributed by atoms with Crippen molar-refractivity contribution in [2.75, 3.05) is 27.9 Å². The summed E-state index contributed by atoms with van der Waals surface area (Å²) in [5, 5.41) is 19.4. The Hall–Kier alpha value is -0.240. The molecule has 0 aromatic heterocycles. The molecule has 0 saturated carbocycles. The molecule has 90 valence electrons. The van der Waals surface area contributed by atoms with E-state index in [1.54, 1.807) is 0 Å². The van der Waals surface area contributed by atoms with E-state index in [0.29, 0.717) is 0 Å². The fourth-order valence-corrected chi connectivity index (χ4v) is 1.65. The number of aliphatic hydroxyl groups excluding tert-OH is 2. The fourth-order valence-electron chi connectivity index (χ4n) is 1.65. The lowest BCUT2D eigenvalue weighted by Crippen LogP contribution is -2.59. The topological polar surface area (TPSA) is 77.4 Å². The summed E-state index contributed by atoms with van der Waals surface area (Å²) in [5.74, 6) is 0. The number of hydrogen-bond donors (Lipinski definition) is 2. The van der Waals surface area contributed by atoms with Crippen LogP contribution in [-0.2, 0) is 18.9 Å². The molecule has 0 amide bonds. The molecule has 0 unspecified atom stereocenters. The average molecular weight is 222 g/mol. The van der Waals surface area contributed by atoms with Crippen LogP contribution in [0, 0.1) is 0 Å². The van der Waals surface area contributed by atoms with Crippen LogP contribution < -0.4 is 0 Å². The maximum Gasteiger partial charge on any atom is 0.186 e. The van der Waals surface area contributed by atoms with E-state index < -0.39 is 30.7 Å². The Morgan fingerprint density at radius 1 is 1.07 bits per heavy atom. The van der Waals surface area contributed by atoms with Gasteiger partial charge in [-0.05, 0) is 0 Å². The van der Waals surface area contributed by atoms with Gasteiger partial charge in [0.2, 0.25) is 0 Å². The zero-order valence-corrected chi connectivity index (χ0v) is 9.12. The second-order valence-corrected chi connectivity index (χ2v) is 3.42. The van der Waals surface area contributed by atoms with Crippen LogP contribution in [0.1, 0.15) is 0 Å². The molecule has 0 aromatic carbocycles. The van der Waals surface area contributed by atoms with Gasteiger partial charge in [0.25, 0.3) is 0 Å². The van der Waals surface area contributed by atoms with Crippen LogP contribution >= 0.6 is 0 Å². The normalized spacial score (nSPS) is 41.8. The van der Waals surface area contributed by atoms with E-state index in [9.17, 15) is 10.2 Å². The van der Waals surface area contributed by atoms with Gasteiger partial charge in [-0.15, -0.1) is 0 Å². The van der Waals surface area contributed by atoms with E-state index in [1.165, 1.54) is 21.3 Å². The molecular formula is C9H18O6. The summed E-state index contributed by atoms with van der Waals surface area (Å²) in [6, 6.07) is 0. The zero-order valence-electron chi connectivity index (χ0n) is 9.12. The van der Waals surface area contributed by atoms with Crippen molar-refractivity contribution in [1.82, 2.24) is 0 Å². The maximum absolute atomic E-state index is 9.75.